The SMILES string of the molecule is NC(=O)CCOc1cccc(Cl)c1Cl. The highest BCUT2D eigenvalue weighted by molar-refractivity contribution is 6.42. The normalized spacial score (nSPS) is 9.86. The lowest BCUT2D eigenvalue weighted by Crippen LogP contribution is -2.14. The number of halogens is 2. The predicted molar refractivity (Wildman–Crippen MR) is 55.8 cm³/mol. The second-order valence-corrected chi connectivity index (χ2v) is 3.40. The van der Waals surface area contributed by atoms with Crippen LogP contribution in [0, 0.1) is 0 Å². The van der Waals surface area contributed by atoms with Crippen molar-refractivity contribution >= 4 is 29.1 Å². The summed E-state index contributed by atoms with van der Waals surface area (Å²) in [5, 5.41) is 0.766. The molecule has 2 N–H and O–H groups in total. The van der Waals surface area contributed by atoms with Crippen molar-refractivity contribution < 1.29 is 9.53 Å². The quantitative estimate of drug-likeness (QED) is 0.868. The fraction of sp³-hybridized carbons (Fsp3) is 0.222. The van der Waals surface area contributed by atoms with Gasteiger partial charge in [0.1, 0.15) is 10.8 Å². The van der Waals surface area contributed by atoms with Gasteiger partial charge in [0.05, 0.1) is 18.1 Å². The molecule has 0 aliphatic carbocycles. The molecule has 0 aliphatic rings. The largest absolute Gasteiger partial charge is 0.491 e. The van der Waals surface area contributed by atoms with E-state index in [-0.39, 0.29) is 13.0 Å². The van der Waals surface area contributed by atoms with Gasteiger partial charge in [-0.05, 0) is 12.1 Å². The van der Waals surface area contributed by atoms with Crippen LogP contribution in [-0.4, -0.2) is 12.5 Å². The van der Waals surface area contributed by atoms with Crippen LogP contribution < -0.4 is 10.5 Å². The molecule has 0 aromatic heterocycles. The average Bonchev–Trinajstić information content (AvgIpc) is 2.12. The van der Waals surface area contributed by atoms with Gasteiger partial charge in [0.2, 0.25) is 5.91 Å². The van der Waals surface area contributed by atoms with Crippen LogP contribution in [0.15, 0.2) is 18.2 Å². The summed E-state index contributed by atoms with van der Waals surface area (Å²) in [5.74, 6) is 0.0450. The molecule has 0 saturated carbocycles. The third kappa shape index (κ3) is 3.09. The van der Waals surface area contributed by atoms with Crippen molar-refractivity contribution in [2.24, 2.45) is 5.73 Å². The molecule has 0 unspecified atom stereocenters. The zero-order valence-corrected chi connectivity index (χ0v) is 8.81. The van der Waals surface area contributed by atoms with E-state index >= 15 is 0 Å². The number of primary amides is 1. The number of carbonyl (C=O) groups is 1. The molecule has 0 fully saturated rings. The molecule has 0 saturated heterocycles. The Bertz CT molecular complexity index is 342. The summed E-state index contributed by atoms with van der Waals surface area (Å²) in [6.45, 7) is 0.204. The highest BCUT2D eigenvalue weighted by Gasteiger charge is 2.05. The van der Waals surface area contributed by atoms with Crippen molar-refractivity contribution in [1.82, 2.24) is 0 Å². The number of hydrogen-bond acceptors (Lipinski definition) is 2. The Hall–Kier alpha value is -0.930. The molecule has 3 nitrogen and oxygen atoms in total. The molecule has 1 amide bonds. The summed E-state index contributed by atoms with van der Waals surface area (Å²) in [4.78, 5) is 10.4. The van der Waals surface area contributed by atoms with Crippen LogP contribution in [0.1, 0.15) is 6.42 Å². The van der Waals surface area contributed by atoms with Crippen molar-refractivity contribution in [3.05, 3.63) is 28.2 Å². The second-order valence-electron chi connectivity index (χ2n) is 2.62. The number of ether oxygens (including phenoxy) is 1. The van der Waals surface area contributed by atoms with Gasteiger partial charge in [0.25, 0.3) is 0 Å². The van der Waals surface area contributed by atoms with E-state index < -0.39 is 5.91 Å². The molecule has 0 aliphatic heterocycles. The van der Waals surface area contributed by atoms with Gasteiger partial charge >= 0.3 is 0 Å². The minimum absolute atomic E-state index is 0.156. The molecule has 14 heavy (non-hydrogen) atoms. The Balaban J connectivity index is 2.59. The fourth-order valence-electron chi connectivity index (χ4n) is 0.857. The topological polar surface area (TPSA) is 52.3 Å². The number of nitrogens with two attached hydrogens (primary N) is 1. The van der Waals surface area contributed by atoms with E-state index in [9.17, 15) is 4.79 Å². The van der Waals surface area contributed by atoms with Crippen LogP contribution in [-0.2, 0) is 4.79 Å². The highest BCUT2D eigenvalue weighted by atomic mass is 35.5. The summed E-state index contributed by atoms with van der Waals surface area (Å²) in [6.07, 6.45) is 0.156. The van der Waals surface area contributed by atoms with Gasteiger partial charge in [-0.1, -0.05) is 29.3 Å². The van der Waals surface area contributed by atoms with Gasteiger partial charge in [-0.3, -0.25) is 4.79 Å². The molecule has 5 heteroatoms. The van der Waals surface area contributed by atoms with Gasteiger partial charge in [-0.2, -0.15) is 0 Å². The third-order valence-corrected chi connectivity index (χ3v) is 2.32. The highest BCUT2D eigenvalue weighted by Crippen LogP contribution is 2.31. The number of benzene rings is 1. The van der Waals surface area contributed by atoms with Crippen LogP contribution >= 0.6 is 23.2 Å². The Morgan fingerprint density at radius 3 is 2.79 bits per heavy atom. The summed E-state index contributed by atoms with van der Waals surface area (Å²) in [7, 11) is 0. The molecule has 0 spiro atoms. The summed E-state index contributed by atoms with van der Waals surface area (Å²) in [6, 6.07) is 5.05. The van der Waals surface area contributed by atoms with Gasteiger partial charge in [-0.15, -0.1) is 0 Å². The van der Waals surface area contributed by atoms with Crippen molar-refractivity contribution in [3.63, 3.8) is 0 Å². The molecule has 1 aromatic rings. The van der Waals surface area contributed by atoms with Crippen LogP contribution in [0.25, 0.3) is 0 Å². The first kappa shape index (κ1) is 11.1. The van der Waals surface area contributed by atoms with Crippen molar-refractivity contribution in [2.75, 3.05) is 6.61 Å². The molecule has 0 heterocycles. The number of amides is 1. The fourth-order valence-corrected chi connectivity index (χ4v) is 1.20. The van der Waals surface area contributed by atoms with E-state index in [0.29, 0.717) is 15.8 Å². The Kier molecular flexibility index (Phi) is 4.04. The van der Waals surface area contributed by atoms with E-state index in [4.69, 9.17) is 33.7 Å². The second kappa shape index (κ2) is 5.08. The summed E-state index contributed by atoms with van der Waals surface area (Å²) < 4.78 is 5.21. The zero-order chi connectivity index (χ0) is 10.6. The standard InChI is InChI=1S/C9H9Cl2NO2/c10-6-2-1-3-7(9(6)11)14-5-4-8(12)13/h1-3H,4-5H2,(H2,12,13). The zero-order valence-electron chi connectivity index (χ0n) is 7.30. The van der Waals surface area contributed by atoms with E-state index in [1.165, 1.54) is 0 Å². The first-order valence-corrected chi connectivity index (χ1v) is 4.72. The third-order valence-electron chi connectivity index (χ3n) is 1.52. The van der Waals surface area contributed by atoms with Gasteiger partial charge in [0, 0.05) is 0 Å². The van der Waals surface area contributed by atoms with Gasteiger partial charge in [-0.25, -0.2) is 0 Å². The lowest BCUT2D eigenvalue weighted by Gasteiger charge is -2.07. The lowest BCUT2D eigenvalue weighted by molar-refractivity contribution is -0.118. The van der Waals surface area contributed by atoms with Crippen molar-refractivity contribution in [2.45, 2.75) is 6.42 Å². The molecular weight excluding hydrogens is 225 g/mol. The molecule has 0 atom stereocenters. The van der Waals surface area contributed by atoms with E-state index in [2.05, 4.69) is 0 Å². The Labute approximate surface area is 91.7 Å². The van der Waals surface area contributed by atoms with Gasteiger partial charge < -0.3 is 10.5 Å². The average molecular weight is 234 g/mol. The summed E-state index contributed by atoms with van der Waals surface area (Å²) in [5.41, 5.74) is 4.95. The number of rotatable bonds is 4. The molecule has 0 bridgehead atoms. The first-order chi connectivity index (χ1) is 6.61. The van der Waals surface area contributed by atoms with Crippen molar-refractivity contribution in [1.29, 1.82) is 0 Å². The number of hydrogen-bond donors (Lipinski definition) is 1. The summed E-state index contributed by atoms with van der Waals surface area (Å²) >= 11 is 11.6. The molecule has 0 radical (unpaired) electrons. The molecular formula is C9H9Cl2NO2. The predicted octanol–water partition coefficient (Wildman–Crippen LogP) is 2.25. The Morgan fingerprint density at radius 2 is 2.14 bits per heavy atom. The van der Waals surface area contributed by atoms with Crippen molar-refractivity contribution in [3.8, 4) is 5.75 Å². The lowest BCUT2D eigenvalue weighted by atomic mass is 10.3. The maximum atomic E-state index is 10.4. The first-order valence-electron chi connectivity index (χ1n) is 3.96. The van der Waals surface area contributed by atoms with Crippen LogP contribution in [0.2, 0.25) is 10.0 Å². The van der Waals surface area contributed by atoms with Crippen LogP contribution in [0.4, 0.5) is 0 Å². The van der Waals surface area contributed by atoms with Gasteiger partial charge in [0.15, 0.2) is 0 Å². The monoisotopic (exact) mass is 233 g/mol. The van der Waals surface area contributed by atoms with Crippen LogP contribution in [0.5, 0.6) is 5.75 Å². The molecule has 76 valence electrons. The molecule has 1 aromatic carbocycles. The minimum Gasteiger partial charge on any atom is -0.491 e. The maximum Gasteiger partial charge on any atom is 0.220 e. The van der Waals surface area contributed by atoms with E-state index in [0.717, 1.165) is 0 Å². The number of carbonyl (C=O) groups excluding carboxylic acids is 1. The maximum absolute atomic E-state index is 10.4. The molecule has 1 rings (SSSR count). The van der Waals surface area contributed by atoms with E-state index in [1.54, 1.807) is 18.2 Å². The van der Waals surface area contributed by atoms with Crippen LogP contribution in [0.3, 0.4) is 0 Å². The van der Waals surface area contributed by atoms with E-state index in [1.807, 2.05) is 0 Å². The minimum atomic E-state index is -0.414. The smallest absolute Gasteiger partial charge is 0.220 e. The Morgan fingerprint density at radius 1 is 1.43 bits per heavy atom.